The van der Waals surface area contributed by atoms with Crippen molar-refractivity contribution in [3.05, 3.63) is 0 Å². The van der Waals surface area contributed by atoms with Crippen LogP contribution >= 0.6 is 0 Å². The highest BCUT2D eigenvalue weighted by atomic mass is 19.4. The lowest BCUT2D eigenvalue weighted by Crippen LogP contribution is -2.32. The van der Waals surface area contributed by atoms with E-state index in [2.05, 4.69) is 5.32 Å². The number of nitrogens with one attached hydrogen (secondary N) is 1. The molecule has 1 fully saturated rings. The van der Waals surface area contributed by atoms with Crippen LogP contribution in [0, 0.1) is 5.92 Å². The zero-order valence-electron chi connectivity index (χ0n) is 6.06. The zero-order chi connectivity index (χ0) is 9.35. The van der Waals surface area contributed by atoms with Gasteiger partial charge in [-0.3, -0.25) is 4.79 Å². The summed E-state index contributed by atoms with van der Waals surface area (Å²) in [6, 6.07) is -0.746. The van der Waals surface area contributed by atoms with Gasteiger partial charge in [-0.05, 0) is 6.42 Å². The monoisotopic (exact) mass is 183 g/mol. The Hall–Kier alpha value is -0.780. The lowest BCUT2D eigenvalue weighted by Gasteiger charge is -2.10. The van der Waals surface area contributed by atoms with Crippen LogP contribution in [0.2, 0.25) is 0 Å². The van der Waals surface area contributed by atoms with Gasteiger partial charge in [0.15, 0.2) is 0 Å². The second kappa shape index (κ2) is 2.93. The molecule has 6 heteroatoms. The number of carbonyl (C=O) groups excluding carboxylic acids is 1. The molecule has 1 rings (SSSR count). The lowest BCUT2D eigenvalue weighted by atomic mass is 10.1. The van der Waals surface area contributed by atoms with Crippen LogP contribution in [0.5, 0.6) is 0 Å². The smallest absolute Gasteiger partial charge is 0.394 e. The van der Waals surface area contributed by atoms with Crippen LogP contribution in [0.25, 0.3) is 0 Å². The summed E-state index contributed by atoms with van der Waals surface area (Å²) in [6.45, 7) is -0.446. The first-order chi connectivity index (χ1) is 5.45. The third-order valence-corrected chi connectivity index (χ3v) is 1.80. The Morgan fingerprint density at radius 3 is 2.42 bits per heavy atom. The normalized spacial score (nSPS) is 30.5. The molecule has 1 heterocycles. The summed E-state index contributed by atoms with van der Waals surface area (Å²) in [4.78, 5) is 10.6. The third kappa shape index (κ3) is 1.69. The number of aliphatic hydroxyl groups is 1. The summed E-state index contributed by atoms with van der Waals surface area (Å²) >= 11 is 0. The number of aliphatic hydroxyl groups excluding tert-OH is 1. The largest absolute Gasteiger partial charge is 0.400 e. The second-order valence-electron chi connectivity index (χ2n) is 2.72. The van der Waals surface area contributed by atoms with Gasteiger partial charge in [0, 0.05) is 0 Å². The highest BCUT2D eigenvalue weighted by molar-refractivity contribution is 5.82. The van der Waals surface area contributed by atoms with Crippen molar-refractivity contribution in [1.29, 1.82) is 0 Å². The van der Waals surface area contributed by atoms with E-state index < -0.39 is 30.7 Å². The van der Waals surface area contributed by atoms with E-state index in [1.807, 2.05) is 0 Å². The number of amides is 1. The molecule has 2 N–H and O–H groups in total. The number of halogens is 3. The fraction of sp³-hybridized carbons (Fsp3) is 0.833. The van der Waals surface area contributed by atoms with Crippen molar-refractivity contribution in [2.24, 2.45) is 5.92 Å². The Balaban J connectivity index is 2.64. The van der Waals surface area contributed by atoms with E-state index in [9.17, 15) is 18.0 Å². The number of carbonyl (C=O) groups is 1. The Kier molecular flexibility index (Phi) is 2.27. The predicted octanol–water partition coefficient (Wildman–Crippen LogP) is 0.0457. The van der Waals surface area contributed by atoms with Crippen LogP contribution in [-0.4, -0.2) is 29.8 Å². The van der Waals surface area contributed by atoms with E-state index in [-0.39, 0.29) is 6.42 Å². The van der Waals surface area contributed by atoms with Crippen LogP contribution in [0.15, 0.2) is 0 Å². The first-order valence-corrected chi connectivity index (χ1v) is 3.43. The van der Waals surface area contributed by atoms with Gasteiger partial charge in [0.1, 0.15) is 5.92 Å². The third-order valence-electron chi connectivity index (χ3n) is 1.80. The molecule has 0 aromatic heterocycles. The molecule has 0 spiro atoms. The average Bonchev–Trinajstić information content (AvgIpc) is 2.29. The molecule has 1 amide bonds. The highest BCUT2D eigenvalue weighted by Gasteiger charge is 2.49. The molecule has 70 valence electrons. The lowest BCUT2D eigenvalue weighted by molar-refractivity contribution is -0.178. The van der Waals surface area contributed by atoms with E-state index in [1.54, 1.807) is 0 Å². The Labute approximate surface area is 66.6 Å². The molecule has 3 nitrogen and oxygen atoms in total. The quantitative estimate of drug-likeness (QED) is 0.603. The predicted molar refractivity (Wildman–Crippen MR) is 33.2 cm³/mol. The van der Waals surface area contributed by atoms with Gasteiger partial charge in [-0.25, -0.2) is 0 Å². The van der Waals surface area contributed by atoms with E-state index >= 15 is 0 Å². The zero-order valence-corrected chi connectivity index (χ0v) is 6.06. The van der Waals surface area contributed by atoms with Gasteiger partial charge in [-0.15, -0.1) is 0 Å². The molecule has 12 heavy (non-hydrogen) atoms. The first kappa shape index (κ1) is 9.31. The minimum atomic E-state index is -4.49. The molecule has 0 aromatic rings. The molecular formula is C6H8F3NO2. The van der Waals surface area contributed by atoms with Crippen molar-refractivity contribution in [3.63, 3.8) is 0 Å². The Morgan fingerprint density at radius 1 is 1.58 bits per heavy atom. The van der Waals surface area contributed by atoms with E-state index in [1.165, 1.54) is 0 Å². The van der Waals surface area contributed by atoms with Crippen molar-refractivity contribution < 1.29 is 23.1 Å². The van der Waals surface area contributed by atoms with E-state index in [4.69, 9.17) is 5.11 Å². The van der Waals surface area contributed by atoms with E-state index in [0.29, 0.717) is 0 Å². The second-order valence-corrected chi connectivity index (χ2v) is 2.72. The molecule has 2 unspecified atom stereocenters. The number of hydrogen-bond donors (Lipinski definition) is 2. The maximum atomic E-state index is 12.0. The van der Waals surface area contributed by atoms with Crippen LogP contribution in [0.4, 0.5) is 13.2 Å². The van der Waals surface area contributed by atoms with Gasteiger partial charge in [-0.1, -0.05) is 0 Å². The van der Waals surface area contributed by atoms with Crippen molar-refractivity contribution >= 4 is 5.91 Å². The summed E-state index contributed by atoms with van der Waals surface area (Å²) < 4.78 is 35.9. The summed E-state index contributed by atoms with van der Waals surface area (Å²) in [5.41, 5.74) is 0. The van der Waals surface area contributed by atoms with Gasteiger partial charge < -0.3 is 10.4 Å². The average molecular weight is 183 g/mol. The summed E-state index contributed by atoms with van der Waals surface area (Å²) in [5, 5.41) is 10.5. The van der Waals surface area contributed by atoms with Crippen molar-refractivity contribution in [2.75, 3.05) is 6.61 Å². The topological polar surface area (TPSA) is 49.3 Å². The first-order valence-electron chi connectivity index (χ1n) is 3.43. The number of hydrogen-bond acceptors (Lipinski definition) is 2. The van der Waals surface area contributed by atoms with Crippen molar-refractivity contribution in [1.82, 2.24) is 5.32 Å². The molecule has 1 saturated heterocycles. The van der Waals surface area contributed by atoms with Crippen LogP contribution in [0.1, 0.15) is 6.42 Å². The van der Waals surface area contributed by atoms with Gasteiger partial charge in [0.05, 0.1) is 12.6 Å². The molecule has 0 aromatic carbocycles. The summed E-state index contributed by atoms with van der Waals surface area (Å²) in [7, 11) is 0. The molecule has 0 aliphatic carbocycles. The Morgan fingerprint density at radius 2 is 2.17 bits per heavy atom. The van der Waals surface area contributed by atoms with Gasteiger partial charge in [-0.2, -0.15) is 13.2 Å². The molecule has 1 aliphatic heterocycles. The maximum Gasteiger partial charge on any atom is 0.400 e. The van der Waals surface area contributed by atoms with Gasteiger partial charge in [0.25, 0.3) is 0 Å². The van der Waals surface area contributed by atoms with Crippen molar-refractivity contribution in [2.45, 2.75) is 18.6 Å². The highest BCUT2D eigenvalue weighted by Crippen LogP contribution is 2.33. The van der Waals surface area contributed by atoms with Gasteiger partial charge in [0.2, 0.25) is 5.91 Å². The fourth-order valence-electron chi connectivity index (χ4n) is 1.15. The van der Waals surface area contributed by atoms with Gasteiger partial charge >= 0.3 is 6.18 Å². The number of rotatable bonds is 1. The molecule has 0 saturated carbocycles. The molecular weight excluding hydrogens is 175 g/mol. The number of alkyl halides is 3. The summed E-state index contributed by atoms with van der Waals surface area (Å²) in [5.74, 6) is -2.99. The fourth-order valence-corrected chi connectivity index (χ4v) is 1.15. The Bertz CT molecular complexity index is 192. The maximum absolute atomic E-state index is 12.0. The molecule has 2 atom stereocenters. The van der Waals surface area contributed by atoms with Crippen molar-refractivity contribution in [3.8, 4) is 0 Å². The molecule has 1 aliphatic rings. The van der Waals surface area contributed by atoms with Crippen LogP contribution in [-0.2, 0) is 4.79 Å². The summed E-state index contributed by atoms with van der Waals surface area (Å²) in [6.07, 6.45) is -4.85. The van der Waals surface area contributed by atoms with Crippen LogP contribution < -0.4 is 5.32 Å². The molecule has 0 bridgehead atoms. The molecule has 0 radical (unpaired) electrons. The van der Waals surface area contributed by atoms with E-state index in [0.717, 1.165) is 0 Å². The minimum Gasteiger partial charge on any atom is -0.394 e. The minimum absolute atomic E-state index is 0.362. The SMILES string of the molecule is O=C1NC(CO)CC1C(F)(F)F. The standard InChI is InChI=1S/C6H8F3NO2/c7-6(8,9)4-1-3(2-11)10-5(4)12/h3-4,11H,1-2H2,(H,10,12). The van der Waals surface area contributed by atoms with Crippen LogP contribution in [0.3, 0.4) is 0 Å².